The Hall–Kier alpha value is -1.89. The Morgan fingerprint density at radius 1 is 1.30 bits per heavy atom. The van der Waals surface area contributed by atoms with Crippen LogP contribution >= 0.6 is 0 Å². The molecule has 7 heteroatoms. The van der Waals surface area contributed by atoms with Crippen molar-refractivity contribution in [1.29, 1.82) is 0 Å². The number of aryl methyl sites for hydroxylation is 1. The molecule has 0 radical (unpaired) electrons. The van der Waals surface area contributed by atoms with Crippen molar-refractivity contribution in [3.05, 3.63) is 12.4 Å². The van der Waals surface area contributed by atoms with Crippen molar-refractivity contribution in [2.75, 3.05) is 38.5 Å². The summed E-state index contributed by atoms with van der Waals surface area (Å²) in [5.74, 6) is -1.06. The second-order valence-corrected chi connectivity index (χ2v) is 4.99. The fourth-order valence-electron chi connectivity index (χ4n) is 2.18. The van der Waals surface area contributed by atoms with E-state index in [0.717, 1.165) is 26.1 Å². The number of carbonyl (C=O) groups is 2. The van der Waals surface area contributed by atoms with E-state index >= 15 is 0 Å². The molecular formula is C13H21N5O2. The van der Waals surface area contributed by atoms with Crippen LogP contribution in [0.25, 0.3) is 0 Å². The van der Waals surface area contributed by atoms with E-state index in [4.69, 9.17) is 0 Å². The minimum absolute atomic E-state index is 0.468. The van der Waals surface area contributed by atoms with Gasteiger partial charge >= 0.3 is 11.8 Å². The third kappa shape index (κ3) is 3.57. The van der Waals surface area contributed by atoms with Gasteiger partial charge in [-0.2, -0.15) is 5.10 Å². The number of carbonyl (C=O) groups excluding carboxylic acids is 2. The maximum absolute atomic E-state index is 12.1. The van der Waals surface area contributed by atoms with Gasteiger partial charge in [0.1, 0.15) is 0 Å². The van der Waals surface area contributed by atoms with Crippen molar-refractivity contribution in [2.45, 2.75) is 19.9 Å². The molecule has 7 nitrogen and oxygen atoms in total. The van der Waals surface area contributed by atoms with Gasteiger partial charge in [-0.25, -0.2) is 0 Å². The van der Waals surface area contributed by atoms with Crippen molar-refractivity contribution in [3.8, 4) is 0 Å². The Labute approximate surface area is 118 Å². The monoisotopic (exact) mass is 279 g/mol. The molecule has 1 fully saturated rings. The minimum Gasteiger partial charge on any atom is -0.333 e. The van der Waals surface area contributed by atoms with E-state index in [2.05, 4.69) is 15.3 Å². The lowest BCUT2D eigenvalue weighted by molar-refractivity contribution is -0.143. The lowest BCUT2D eigenvalue weighted by Crippen LogP contribution is -2.41. The highest BCUT2D eigenvalue weighted by atomic mass is 16.2. The third-order valence-corrected chi connectivity index (χ3v) is 3.42. The zero-order valence-corrected chi connectivity index (χ0v) is 12.0. The molecule has 1 aliphatic heterocycles. The molecule has 1 N–H and O–H groups in total. The molecule has 2 heterocycles. The van der Waals surface area contributed by atoms with Gasteiger partial charge < -0.3 is 15.1 Å². The summed E-state index contributed by atoms with van der Waals surface area (Å²) in [6.07, 6.45) is 4.15. The second kappa shape index (κ2) is 6.51. The predicted octanol–water partition coefficient (Wildman–Crippen LogP) is 0.00560. The van der Waals surface area contributed by atoms with Gasteiger partial charge in [-0.05, 0) is 26.9 Å². The molecule has 110 valence electrons. The zero-order valence-electron chi connectivity index (χ0n) is 12.0. The third-order valence-electron chi connectivity index (χ3n) is 3.42. The van der Waals surface area contributed by atoms with Crippen LogP contribution < -0.4 is 5.32 Å². The normalized spacial score (nSPS) is 16.8. The largest absolute Gasteiger partial charge is 0.333 e. The van der Waals surface area contributed by atoms with Gasteiger partial charge in [0, 0.05) is 32.4 Å². The van der Waals surface area contributed by atoms with Gasteiger partial charge in [0.2, 0.25) is 0 Å². The number of rotatable bonds is 2. The van der Waals surface area contributed by atoms with E-state index in [0.29, 0.717) is 18.8 Å². The number of anilines is 1. The van der Waals surface area contributed by atoms with E-state index in [-0.39, 0.29) is 0 Å². The fourth-order valence-corrected chi connectivity index (χ4v) is 2.18. The maximum Gasteiger partial charge on any atom is 0.313 e. The van der Waals surface area contributed by atoms with E-state index in [1.807, 2.05) is 14.0 Å². The highest BCUT2D eigenvalue weighted by Gasteiger charge is 2.23. The molecule has 1 aromatic heterocycles. The molecule has 0 spiro atoms. The first-order valence-electron chi connectivity index (χ1n) is 6.91. The minimum atomic E-state index is -0.592. The maximum atomic E-state index is 12.1. The smallest absolute Gasteiger partial charge is 0.313 e. The van der Waals surface area contributed by atoms with Crippen LogP contribution in [0.2, 0.25) is 0 Å². The zero-order chi connectivity index (χ0) is 14.5. The Balaban J connectivity index is 1.92. The Kier molecular flexibility index (Phi) is 4.73. The lowest BCUT2D eigenvalue weighted by atomic mass is 10.3. The molecule has 0 atom stereocenters. The SMILES string of the molecule is CCn1cc(NC(=O)C(=O)N2CCCN(C)CC2)cn1. The summed E-state index contributed by atoms with van der Waals surface area (Å²) in [7, 11) is 2.02. The number of nitrogens with one attached hydrogen (secondary N) is 1. The van der Waals surface area contributed by atoms with Crippen LogP contribution in [0, 0.1) is 0 Å². The van der Waals surface area contributed by atoms with Crippen molar-refractivity contribution in [3.63, 3.8) is 0 Å². The van der Waals surface area contributed by atoms with Crippen molar-refractivity contribution in [2.24, 2.45) is 0 Å². The van der Waals surface area contributed by atoms with Crippen LogP contribution in [-0.2, 0) is 16.1 Å². The molecule has 2 rings (SSSR count). The molecule has 0 saturated carbocycles. The predicted molar refractivity (Wildman–Crippen MR) is 75.2 cm³/mol. The van der Waals surface area contributed by atoms with Gasteiger partial charge in [-0.15, -0.1) is 0 Å². The molecule has 1 aliphatic rings. The molecule has 0 aliphatic carbocycles. The first-order valence-corrected chi connectivity index (χ1v) is 6.91. The summed E-state index contributed by atoms with van der Waals surface area (Å²) in [6.45, 7) is 5.66. The van der Waals surface area contributed by atoms with Crippen molar-refractivity contribution in [1.82, 2.24) is 19.6 Å². The Morgan fingerprint density at radius 3 is 2.80 bits per heavy atom. The molecular weight excluding hydrogens is 258 g/mol. The van der Waals surface area contributed by atoms with E-state index in [1.54, 1.807) is 22.0 Å². The Bertz CT molecular complexity index is 485. The van der Waals surface area contributed by atoms with Crippen LogP contribution in [0.1, 0.15) is 13.3 Å². The molecule has 0 unspecified atom stereocenters. The second-order valence-electron chi connectivity index (χ2n) is 4.99. The standard InChI is InChI=1S/C13H21N5O2/c1-3-18-10-11(9-14-18)15-12(19)13(20)17-6-4-5-16(2)7-8-17/h9-10H,3-8H2,1-2H3,(H,15,19). The molecule has 2 amide bonds. The van der Waals surface area contributed by atoms with Gasteiger partial charge in [0.25, 0.3) is 0 Å². The first-order chi connectivity index (χ1) is 9.60. The molecule has 20 heavy (non-hydrogen) atoms. The van der Waals surface area contributed by atoms with Crippen LogP contribution in [0.15, 0.2) is 12.4 Å². The molecule has 0 aromatic carbocycles. The molecule has 1 saturated heterocycles. The summed E-state index contributed by atoms with van der Waals surface area (Å²) in [4.78, 5) is 27.8. The summed E-state index contributed by atoms with van der Waals surface area (Å²) in [5, 5.41) is 6.65. The van der Waals surface area contributed by atoms with Crippen LogP contribution in [0.5, 0.6) is 0 Å². The van der Waals surface area contributed by atoms with Gasteiger partial charge in [-0.3, -0.25) is 14.3 Å². The number of hydrogen-bond acceptors (Lipinski definition) is 4. The summed E-state index contributed by atoms with van der Waals surface area (Å²) >= 11 is 0. The topological polar surface area (TPSA) is 70.5 Å². The average molecular weight is 279 g/mol. The Morgan fingerprint density at radius 2 is 2.10 bits per heavy atom. The van der Waals surface area contributed by atoms with E-state index in [9.17, 15) is 9.59 Å². The number of amides is 2. The highest BCUT2D eigenvalue weighted by molar-refractivity contribution is 6.39. The molecule has 1 aromatic rings. The first kappa shape index (κ1) is 14.5. The van der Waals surface area contributed by atoms with Gasteiger partial charge in [0.05, 0.1) is 11.9 Å². The number of likely N-dealkylation sites (N-methyl/N-ethyl adjacent to an activating group) is 1. The summed E-state index contributed by atoms with van der Waals surface area (Å²) in [5.41, 5.74) is 0.553. The van der Waals surface area contributed by atoms with Gasteiger partial charge in [0.15, 0.2) is 0 Å². The van der Waals surface area contributed by atoms with Crippen LogP contribution in [0.4, 0.5) is 5.69 Å². The van der Waals surface area contributed by atoms with E-state index in [1.165, 1.54) is 0 Å². The van der Waals surface area contributed by atoms with Crippen LogP contribution in [0.3, 0.4) is 0 Å². The lowest BCUT2D eigenvalue weighted by Gasteiger charge is -2.19. The van der Waals surface area contributed by atoms with E-state index < -0.39 is 11.8 Å². The van der Waals surface area contributed by atoms with Crippen LogP contribution in [-0.4, -0.2) is 64.6 Å². The quantitative estimate of drug-likeness (QED) is 0.774. The van der Waals surface area contributed by atoms with Crippen molar-refractivity contribution >= 4 is 17.5 Å². The molecule has 0 bridgehead atoms. The number of aromatic nitrogens is 2. The fraction of sp³-hybridized carbons (Fsp3) is 0.615. The number of nitrogens with zero attached hydrogens (tertiary/aromatic N) is 4. The summed E-state index contributed by atoms with van der Waals surface area (Å²) < 4.78 is 1.70. The van der Waals surface area contributed by atoms with Crippen molar-refractivity contribution < 1.29 is 9.59 Å². The summed E-state index contributed by atoms with van der Waals surface area (Å²) in [6, 6.07) is 0. The van der Waals surface area contributed by atoms with Gasteiger partial charge in [-0.1, -0.05) is 0 Å². The number of hydrogen-bond donors (Lipinski definition) is 1. The average Bonchev–Trinajstić information content (AvgIpc) is 2.78. The highest BCUT2D eigenvalue weighted by Crippen LogP contribution is 2.07.